The first kappa shape index (κ1) is 18.3. The zero-order valence-electron chi connectivity index (χ0n) is 14.7. The number of carbonyl (C=O) groups excluding carboxylic acids is 2. The van der Waals surface area contributed by atoms with Gasteiger partial charge < -0.3 is 10.6 Å². The molecular weight excluding hydrogens is 345 g/mol. The fourth-order valence-corrected chi connectivity index (χ4v) is 2.53. The van der Waals surface area contributed by atoms with E-state index >= 15 is 0 Å². The number of carbonyl (C=O) groups is 2. The van der Waals surface area contributed by atoms with Crippen LogP contribution in [0.5, 0.6) is 0 Å². The molecule has 0 spiro atoms. The molecule has 0 atom stereocenters. The molecule has 0 aliphatic rings. The number of hydrogen-bond donors (Lipinski definition) is 2. The van der Waals surface area contributed by atoms with Gasteiger partial charge in [-0.1, -0.05) is 29.8 Å². The average molecular weight is 363 g/mol. The number of nitrogens with one attached hydrogen (secondary N) is 2. The van der Waals surface area contributed by atoms with E-state index in [4.69, 9.17) is 0 Å². The van der Waals surface area contributed by atoms with Crippen molar-refractivity contribution >= 4 is 17.5 Å². The molecule has 3 rings (SSSR count). The molecule has 6 heteroatoms. The number of rotatable bonds is 5. The van der Waals surface area contributed by atoms with Crippen molar-refractivity contribution in [3.63, 3.8) is 0 Å². The lowest BCUT2D eigenvalue weighted by Crippen LogP contribution is -2.23. The van der Waals surface area contributed by atoms with Crippen LogP contribution in [0.3, 0.4) is 0 Å². The first-order chi connectivity index (χ1) is 13.0. The molecule has 0 unspecified atom stereocenters. The number of benzene rings is 2. The van der Waals surface area contributed by atoms with Gasteiger partial charge in [0.05, 0.1) is 11.1 Å². The molecule has 0 aliphatic carbocycles. The third-order valence-corrected chi connectivity index (χ3v) is 3.90. The molecule has 3 aromatic rings. The lowest BCUT2D eigenvalue weighted by atomic mass is 10.1. The van der Waals surface area contributed by atoms with Gasteiger partial charge in [-0.25, -0.2) is 4.39 Å². The summed E-state index contributed by atoms with van der Waals surface area (Å²) in [6.07, 6.45) is 2.77. The third-order valence-electron chi connectivity index (χ3n) is 3.90. The van der Waals surface area contributed by atoms with Crippen molar-refractivity contribution in [1.82, 2.24) is 10.3 Å². The van der Waals surface area contributed by atoms with E-state index in [0.717, 1.165) is 11.1 Å². The van der Waals surface area contributed by atoms with Gasteiger partial charge in [-0.05, 0) is 42.8 Å². The van der Waals surface area contributed by atoms with Crippen LogP contribution in [0.2, 0.25) is 0 Å². The van der Waals surface area contributed by atoms with Crippen LogP contribution in [-0.2, 0) is 6.54 Å². The molecule has 5 nitrogen and oxygen atoms in total. The van der Waals surface area contributed by atoms with Crippen molar-refractivity contribution in [3.05, 3.63) is 95.1 Å². The standard InChI is InChI=1S/C21H18FN3O2/c1-14-3-2-4-15(9-14)11-24-20(26)16-10-17(13-23-12-16)21(27)25-19-7-5-18(22)6-8-19/h2-10,12-13H,11H2,1H3,(H,24,26)(H,25,27). The molecule has 136 valence electrons. The van der Waals surface area contributed by atoms with Gasteiger partial charge in [0.2, 0.25) is 0 Å². The smallest absolute Gasteiger partial charge is 0.257 e. The van der Waals surface area contributed by atoms with Crippen LogP contribution < -0.4 is 10.6 Å². The summed E-state index contributed by atoms with van der Waals surface area (Å²) in [5, 5.41) is 5.45. The van der Waals surface area contributed by atoms with E-state index in [1.54, 1.807) is 0 Å². The second kappa shape index (κ2) is 8.23. The fourth-order valence-electron chi connectivity index (χ4n) is 2.53. The molecule has 0 bridgehead atoms. The summed E-state index contributed by atoms with van der Waals surface area (Å²) in [5.74, 6) is -1.13. The van der Waals surface area contributed by atoms with Crippen molar-refractivity contribution in [3.8, 4) is 0 Å². The van der Waals surface area contributed by atoms with Gasteiger partial charge in [0.15, 0.2) is 0 Å². The van der Waals surface area contributed by atoms with Crippen LogP contribution in [-0.4, -0.2) is 16.8 Å². The summed E-state index contributed by atoms with van der Waals surface area (Å²) >= 11 is 0. The predicted octanol–water partition coefficient (Wildman–Crippen LogP) is 3.71. The number of anilines is 1. The molecule has 1 heterocycles. The summed E-state index contributed by atoms with van der Waals surface area (Å²) in [6.45, 7) is 2.37. The molecule has 2 N–H and O–H groups in total. The van der Waals surface area contributed by atoms with Gasteiger partial charge in [0, 0.05) is 24.6 Å². The summed E-state index contributed by atoms with van der Waals surface area (Å²) in [7, 11) is 0. The van der Waals surface area contributed by atoms with E-state index in [2.05, 4.69) is 15.6 Å². The Balaban J connectivity index is 1.66. The molecule has 1 aromatic heterocycles. The molecule has 0 saturated heterocycles. The number of hydrogen-bond acceptors (Lipinski definition) is 3. The van der Waals surface area contributed by atoms with Gasteiger partial charge in [-0.3, -0.25) is 14.6 Å². The van der Waals surface area contributed by atoms with Crippen LogP contribution in [0.15, 0.2) is 67.0 Å². The monoisotopic (exact) mass is 363 g/mol. The average Bonchev–Trinajstić information content (AvgIpc) is 2.68. The summed E-state index contributed by atoms with van der Waals surface area (Å²) < 4.78 is 12.9. The Labute approximate surface area is 156 Å². The first-order valence-electron chi connectivity index (χ1n) is 8.37. The van der Waals surface area contributed by atoms with E-state index in [9.17, 15) is 14.0 Å². The fraction of sp³-hybridized carbons (Fsp3) is 0.0952. The highest BCUT2D eigenvalue weighted by atomic mass is 19.1. The van der Waals surface area contributed by atoms with Crippen LogP contribution >= 0.6 is 0 Å². The maximum Gasteiger partial charge on any atom is 0.257 e. The lowest BCUT2D eigenvalue weighted by Gasteiger charge is -2.08. The lowest BCUT2D eigenvalue weighted by molar-refractivity contribution is 0.0950. The minimum absolute atomic E-state index is 0.238. The predicted molar refractivity (Wildman–Crippen MR) is 101 cm³/mol. The highest BCUT2D eigenvalue weighted by Gasteiger charge is 2.12. The Kier molecular flexibility index (Phi) is 5.56. The van der Waals surface area contributed by atoms with Crippen LogP contribution in [0, 0.1) is 12.7 Å². The van der Waals surface area contributed by atoms with Gasteiger partial charge in [0.1, 0.15) is 5.82 Å². The maximum absolute atomic E-state index is 12.9. The first-order valence-corrected chi connectivity index (χ1v) is 8.37. The zero-order valence-corrected chi connectivity index (χ0v) is 14.7. The Morgan fingerprint density at radius 3 is 2.37 bits per heavy atom. The van der Waals surface area contributed by atoms with Crippen molar-refractivity contribution in [1.29, 1.82) is 0 Å². The van der Waals surface area contributed by atoms with E-state index in [1.807, 2.05) is 31.2 Å². The SMILES string of the molecule is Cc1cccc(CNC(=O)c2cncc(C(=O)Nc3ccc(F)cc3)c2)c1. The number of pyridine rings is 1. The molecule has 0 fully saturated rings. The second-order valence-corrected chi connectivity index (χ2v) is 6.10. The normalized spacial score (nSPS) is 10.3. The highest BCUT2D eigenvalue weighted by Crippen LogP contribution is 2.11. The molecule has 0 saturated carbocycles. The zero-order chi connectivity index (χ0) is 19.2. The van der Waals surface area contributed by atoms with E-state index in [-0.39, 0.29) is 22.9 Å². The van der Waals surface area contributed by atoms with Crippen molar-refractivity contribution in [2.24, 2.45) is 0 Å². The summed E-state index contributed by atoms with van der Waals surface area (Å²) in [4.78, 5) is 28.6. The van der Waals surface area contributed by atoms with Crippen molar-refractivity contribution in [2.75, 3.05) is 5.32 Å². The highest BCUT2D eigenvalue weighted by molar-refractivity contribution is 6.05. The Bertz CT molecular complexity index is 971. The minimum atomic E-state index is -0.428. The van der Waals surface area contributed by atoms with Gasteiger partial charge >= 0.3 is 0 Å². The number of halogens is 1. The molecule has 0 aliphatic heterocycles. The molecule has 27 heavy (non-hydrogen) atoms. The van der Waals surface area contributed by atoms with Crippen LogP contribution in [0.1, 0.15) is 31.8 Å². The van der Waals surface area contributed by atoms with Gasteiger partial charge in [-0.15, -0.1) is 0 Å². The van der Waals surface area contributed by atoms with E-state index in [0.29, 0.717) is 12.2 Å². The van der Waals surface area contributed by atoms with Crippen molar-refractivity contribution < 1.29 is 14.0 Å². The maximum atomic E-state index is 12.9. The van der Waals surface area contributed by atoms with E-state index in [1.165, 1.54) is 42.7 Å². The Morgan fingerprint density at radius 1 is 0.963 bits per heavy atom. The Hall–Kier alpha value is -3.54. The number of nitrogens with zero attached hydrogens (tertiary/aromatic N) is 1. The Morgan fingerprint density at radius 2 is 1.67 bits per heavy atom. The molecule has 2 amide bonds. The van der Waals surface area contributed by atoms with E-state index < -0.39 is 5.91 Å². The largest absolute Gasteiger partial charge is 0.348 e. The summed E-state index contributed by atoms with van der Waals surface area (Å²) in [5.41, 5.74) is 3.08. The minimum Gasteiger partial charge on any atom is -0.348 e. The molecule has 2 aromatic carbocycles. The summed E-state index contributed by atoms with van der Waals surface area (Å²) in [6, 6.07) is 14.7. The topological polar surface area (TPSA) is 71.1 Å². The molecular formula is C21H18FN3O2. The number of amides is 2. The van der Waals surface area contributed by atoms with Crippen molar-refractivity contribution in [2.45, 2.75) is 13.5 Å². The molecule has 0 radical (unpaired) electrons. The van der Waals surface area contributed by atoms with Gasteiger partial charge in [-0.2, -0.15) is 0 Å². The van der Waals surface area contributed by atoms with Gasteiger partial charge in [0.25, 0.3) is 11.8 Å². The number of aromatic nitrogens is 1. The van der Waals surface area contributed by atoms with Crippen LogP contribution in [0.4, 0.5) is 10.1 Å². The number of aryl methyl sites for hydroxylation is 1. The quantitative estimate of drug-likeness (QED) is 0.726. The van der Waals surface area contributed by atoms with Crippen LogP contribution in [0.25, 0.3) is 0 Å². The second-order valence-electron chi connectivity index (χ2n) is 6.10. The third kappa shape index (κ3) is 4.98.